The summed E-state index contributed by atoms with van der Waals surface area (Å²) >= 11 is 2.71. The second-order valence-corrected chi connectivity index (χ2v) is 11.9. The molecule has 0 N–H and O–H groups in total. The number of nitriles is 1. The second-order valence-electron chi connectivity index (χ2n) is 9.92. The highest BCUT2D eigenvalue weighted by molar-refractivity contribution is 7.10. The van der Waals surface area contributed by atoms with Crippen molar-refractivity contribution in [1.29, 1.82) is 5.26 Å². The Kier molecular flexibility index (Phi) is 8.73. The van der Waals surface area contributed by atoms with Crippen molar-refractivity contribution >= 4 is 40.4 Å². The maximum Gasteiger partial charge on any atom is 0.338 e. The van der Waals surface area contributed by atoms with Crippen LogP contribution < -0.4 is 24.4 Å². The summed E-state index contributed by atoms with van der Waals surface area (Å²) < 4.78 is 19.4. The van der Waals surface area contributed by atoms with Crippen molar-refractivity contribution in [2.75, 3.05) is 13.7 Å². The monoisotopic (exact) mass is 633 g/mol. The molecule has 3 aromatic carbocycles. The fourth-order valence-corrected chi connectivity index (χ4v) is 6.91. The zero-order valence-corrected chi connectivity index (χ0v) is 26.1. The Hall–Kier alpha value is -5.24. The number of carbonyl (C=O) groups is 1. The van der Waals surface area contributed by atoms with Gasteiger partial charge in [-0.2, -0.15) is 5.26 Å². The largest absolute Gasteiger partial charge is 0.493 e. The summed E-state index contributed by atoms with van der Waals surface area (Å²) in [5, 5.41) is 11.0. The van der Waals surface area contributed by atoms with Gasteiger partial charge in [-0.05, 0) is 48.2 Å². The van der Waals surface area contributed by atoms with Crippen LogP contribution >= 0.6 is 22.7 Å². The third-order valence-corrected chi connectivity index (χ3v) is 9.08. The number of methoxy groups -OCH3 is 1. The molecule has 5 aromatic rings. The number of para-hydroxylation sites is 1. The van der Waals surface area contributed by atoms with Gasteiger partial charge in [0, 0.05) is 16.0 Å². The summed E-state index contributed by atoms with van der Waals surface area (Å²) in [6.07, 6.45) is 1.77. The van der Waals surface area contributed by atoms with Crippen LogP contribution in [0.25, 0.3) is 11.8 Å². The van der Waals surface area contributed by atoms with Gasteiger partial charge < -0.3 is 14.2 Å². The van der Waals surface area contributed by atoms with Crippen LogP contribution in [0.2, 0.25) is 0 Å². The Morgan fingerprint density at radius 2 is 1.84 bits per heavy atom. The van der Waals surface area contributed by atoms with E-state index >= 15 is 0 Å². The number of rotatable bonds is 9. The highest BCUT2D eigenvalue weighted by Gasteiger charge is 2.35. The van der Waals surface area contributed by atoms with Crippen molar-refractivity contribution in [1.82, 2.24) is 4.57 Å². The predicted molar refractivity (Wildman–Crippen MR) is 174 cm³/mol. The molecule has 1 atom stereocenters. The van der Waals surface area contributed by atoms with Crippen LogP contribution in [0.3, 0.4) is 0 Å². The number of thiophene rings is 1. The first-order valence-corrected chi connectivity index (χ1v) is 15.8. The average molecular weight is 634 g/mol. The van der Waals surface area contributed by atoms with Gasteiger partial charge in [0.1, 0.15) is 12.6 Å². The second kappa shape index (κ2) is 13.2. The number of ether oxygens (including phenoxy) is 3. The number of fused-ring (bicyclic) bond motifs is 1. The fourth-order valence-electron chi connectivity index (χ4n) is 5.09. The quantitative estimate of drug-likeness (QED) is 0.200. The van der Waals surface area contributed by atoms with Gasteiger partial charge >= 0.3 is 5.97 Å². The Labute approximate surface area is 267 Å². The van der Waals surface area contributed by atoms with E-state index in [0.717, 1.165) is 16.0 Å². The first-order chi connectivity index (χ1) is 22.0. The maximum atomic E-state index is 14.2. The number of thiazole rings is 1. The molecular weight excluding hydrogens is 607 g/mol. The number of benzene rings is 3. The van der Waals surface area contributed by atoms with Crippen molar-refractivity contribution in [3.8, 4) is 17.6 Å². The number of hydrogen-bond donors (Lipinski definition) is 0. The summed E-state index contributed by atoms with van der Waals surface area (Å²) in [5.41, 5.74) is 3.35. The standard InChI is InChI=1S/C35H27N3O5S2/c1-3-42-34(40)29-30(24-9-5-4-6-10-24)37-35-38(31(29)27-13-8-18-44-27)33(39)28(45-35)19-25-11-7-12-26(41-2)32(25)43-21-23-16-14-22(20-36)15-17-23/h4-19,31H,3,21H2,1-2H3/b28-19-/t31-/m1/s1. The first-order valence-electron chi connectivity index (χ1n) is 14.1. The molecule has 224 valence electrons. The highest BCUT2D eigenvalue weighted by atomic mass is 32.1. The molecule has 0 fully saturated rings. The lowest BCUT2D eigenvalue weighted by Crippen LogP contribution is -2.39. The molecule has 0 saturated heterocycles. The molecule has 45 heavy (non-hydrogen) atoms. The van der Waals surface area contributed by atoms with Gasteiger partial charge in [-0.3, -0.25) is 9.36 Å². The molecule has 3 heterocycles. The predicted octanol–water partition coefficient (Wildman–Crippen LogP) is 5.46. The van der Waals surface area contributed by atoms with Crippen LogP contribution in [0.4, 0.5) is 0 Å². The summed E-state index contributed by atoms with van der Waals surface area (Å²) in [7, 11) is 1.56. The Balaban J connectivity index is 1.51. The van der Waals surface area contributed by atoms with Gasteiger partial charge in [-0.15, -0.1) is 11.3 Å². The summed E-state index contributed by atoms with van der Waals surface area (Å²) in [4.78, 5) is 33.9. The molecule has 6 rings (SSSR count). The molecule has 0 aliphatic carbocycles. The highest BCUT2D eigenvalue weighted by Crippen LogP contribution is 2.37. The molecule has 8 nitrogen and oxygen atoms in total. The van der Waals surface area contributed by atoms with Crippen molar-refractivity contribution in [2.24, 2.45) is 4.99 Å². The summed E-state index contributed by atoms with van der Waals surface area (Å²) in [6.45, 7) is 2.17. The third-order valence-electron chi connectivity index (χ3n) is 7.17. The minimum absolute atomic E-state index is 0.188. The van der Waals surface area contributed by atoms with Gasteiger partial charge in [-0.1, -0.05) is 72.0 Å². The van der Waals surface area contributed by atoms with Gasteiger partial charge in [0.05, 0.1) is 41.2 Å². The minimum atomic E-state index is -0.713. The van der Waals surface area contributed by atoms with Gasteiger partial charge in [0.25, 0.3) is 5.56 Å². The molecule has 0 amide bonds. The average Bonchev–Trinajstić information content (AvgIpc) is 3.72. The maximum absolute atomic E-state index is 14.2. The van der Waals surface area contributed by atoms with Crippen molar-refractivity contribution in [3.63, 3.8) is 0 Å². The van der Waals surface area contributed by atoms with Crippen LogP contribution in [-0.4, -0.2) is 24.3 Å². The Morgan fingerprint density at radius 3 is 2.53 bits per heavy atom. The van der Waals surface area contributed by atoms with Gasteiger partial charge in [0.15, 0.2) is 16.3 Å². The molecule has 0 radical (unpaired) electrons. The van der Waals surface area contributed by atoms with E-state index in [-0.39, 0.29) is 18.8 Å². The van der Waals surface area contributed by atoms with E-state index in [4.69, 9.17) is 24.5 Å². The van der Waals surface area contributed by atoms with E-state index in [1.165, 1.54) is 22.7 Å². The first kappa shape index (κ1) is 29.8. The van der Waals surface area contributed by atoms with Gasteiger partial charge in [-0.25, -0.2) is 9.79 Å². The van der Waals surface area contributed by atoms with E-state index in [1.54, 1.807) is 42.9 Å². The Morgan fingerprint density at radius 1 is 1.04 bits per heavy atom. The van der Waals surface area contributed by atoms with E-state index in [9.17, 15) is 9.59 Å². The third kappa shape index (κ3) is 5.96. The summed E-state index contributed by atoms with van der Waals surface area (Å²) in [6, 6.07) is 27.3. The number of carbonyl (C=O) groups excluding carboxylic acids is 1. The van der Waals surface area contributed by atoms with E-state index in [1.807, 2.05) is 72.1 Å². The normalized spacial score (nSPS) is 14.3. The smallest absolute Gasteiger partial charge is 0.338 e. The molecule has 1 aliphatic rings. The Bertz CT molecular complexity index is 2110. The van der Waals surface area contributed by atoms with Crippen molar-refractivity contribution < 1.29 is 19.0 Å². The van der Waals surface area contributed by atoms with Crippen molar-refractivity contribution in [2.45, 2.75) is 19.6 Å². The van der Waals surface area contributed by atoms with Crippen LogP contribution in [0.15, 0.2) is 106 Å². The SMILES string of the molecule is CCOC(=O)C1=C(c2ccccc2)N=c2s/c(=C\c3cccc(OC)c3OCc3ccc(C#N)cc3)c(=O)n2[C@@H]1c1cccs1. The molecule has 0 bridgehead atoms. The zero-order valence-electron chi connectivity index (χ0n) is 24.4. The fraction of sp³-hybridized carbons (Fsp3) is 0.143. The topological polar surface area (TPSA) is 103 Å². The molecule has 2 aromatic heterocycles. The molecule has 10 heteroatoms. The lowest BCUT2D eigenvalue weighted by Gasteiger charge is -2.24. The van der Waals surface area contributed by atoms with Crippen LogP contribution in [0.5, 0.6) is 11.5 Å². The lowest BCUT2D eigenvalue weighted by atomic mass is 9.97. The molecular formula is C35H27N3O5S2. The molecule has 0 unspecified atom stereocenters. The lowest BCUT2D eigenvalue weighted by molar-refractivity contribution is -0.138. The number of aromatic nitrogens is 1. The molecule has 0 spiro atoms. The molecule has 0 saturated carbocycles. The zero-order chi connectivity index (χ0) is 31.3. The number of esters is 1. The van der Waals surface area contributed by atoms with Crippen LogP contribution in [0, 0.1) is 11.3 Å². The van der Waals surface area contributed by atoms with E-state index in [0.29, 0.717) is 43.2 Å². The van der Waals surface area contributed by atoms with Gasteiger partial charge in [0.2, 0.25) is 0 Å². The van der Waals surface area contributed by atoms with Crippen LogP contribution in [-0.2, 0) is 16.1 Å². The van der Waals surface area contributed by atoms with Crippen LogP contribution in [0.1, 0.15) is 40.1 Å². The summed E-state index contributed by atoms with van der Waals surface area (Å²) in [5.74, 6) is 0.471. The van der Waals surface area contributed by atoms with E-state index in [2.05, 4.69) is 6.07 Å². The van der Waals surface area contributed by atoms with E-state index < -0.39 is 12.0 Å². The number of hydrogen-bond acceptors (Lipinski definition) is 9. The minimum Gasteiger partial charge on any atom is -0.493 e. The number of nitrogens with zero attached hydrogens (tertiary/aromatic N) is 3. The molecule has 1 aliphatic heterocycles. The van der Waals surface area contributed by atoms with Crippen molar-refractivity contribution in [3.05, 3.63) is 143 Å².